The Balaban J connectivity index is 1.86. The Labute approximate surface area is 104 Å². The van der Waals surface area contributed by atoms with E-state index in [-0.39, 0.29) is 6.10 Å². The Morgan fingerprint density at radius 2 is 2.00 bits per heavy atom. The van der Waals surface area contributed by atoms with E-state index in [0.717, 1.165) is 12.8 Å². The fourth-order valence-corrected chi connectivity index (χ4v) is 2.40. The van der Waals surface area contributed by atoms with Crippen molar-refractivity contribution in [3.8, 4) is 0 Å². The van der Waals surface area contributed by atoms with Gasteiger partial charge in [0.05, 0.1) is 6.10 Å². The van der Waals surface area contributed by atoms with Gasteiger partial charge < -0.3 is 10.4 Å². The summed E-state index contributed by atoms with van der Waals surface area (Å²) in [7, 11) is 0. The van der Waals surface area contributed by atoms with E-state index in [1.165, 1.54) is 17.5 Å². The zero-order chi connectivity index (χ0) is 12.3. The second kappa shape index (κ2) is 5.65. The van der Waals surface area contributed by atoms with Crippen molar-refractivity contribution in [2.24, 2.45) is 5.92 Å². The smallest absolute Gasteiger partial charge is 0.0687 e. The molecule has 2 nitrogen and oxygen atoms in total. The van der Waals surface area contributed by atoms with Crippen LogP contribution in [0.2, 0.25) is 0 Å². The van der Waals surface area contributed by atoms with Gasteiger partial charge in [-0.05, 0) is 36.3 Å². The maximum Gasteiger partial charge on any atom is 0.0687 e. The summed E-state index contributed by atoms with van der Waals surface area (Å²) in [6, 6.07) is 9.22. The van der Waals surface area contributed by atoms with Gasteiger partial charge in [-0.15, -0.1) is 0 Å². The van der Waals surface area contributed by atoms with Gasteiger partial charge in [0.1, 0.15) is 0 Å². The zero-order valence-electron chi connectivity index (χ0n) is 10.8. The third-order valence-electron chi connectivity index (χ3n) is 3.73. The van der Waals surface area contributed by atoms with Gasteiger partial charge >= 0.3 is 0 Å². The Morgan fingerprint density at radius 3 is 2.71 bits per heavy atom. The highest BCUT2D eigenvalue weighted by Crippen LogP contribution is 2.21. The summed E-state index contributed by atoms with van der Waals surface area (Å²) in [5.41, 5.74) is 2.96. The summed E-state index contributed by atoms with van der Waals surface area (Å²) >= 11 is 0. The van der Waals surface area contributed by atoms with Crippen molar-refractivity contribution in [2.45, 2.75) is 45.3 Å². The first kappa shape index (κ1) is 12.6. The van der Waals surface area contributed by atoms with Gasteiger partial charge in [-0.2, -0.15) is 0 Å². The molecule has 0 heterocycles. The summed E-state index contributed by atoms with van der Waals surface area (Å²) in [5, 5.41) is 13.3. The van der Waals surface area contributed by atoms with Crippen LogP contribution in [-0.2, 0) is 12.8 Å². The number of fused-ring (bicyclic) bond motifs is 1. The topological polar surface area (TPSA) is 32.3 Å². The Hall–Kier alpha value is -0.860. The summed E-state index contributed by atoms with van der Waals surface area (Å²) in [6.45, 7) is 4.83. The fourth-order valence-electron chi connectivity index (χ4n) is 2.40. The normalized spacial score (nSPS) is 21.3. The monoisotopic (exact) mass is 233 g/mol. The van der Waals surface area contributed by atoms with E-state index < -0.39 is 0 Å². The van der Waals surface area contributed by atoms with Gasteiger partial charge in [0.25, 0.3) is 0 Å². The number of hydrogen-bond acceptors (Lipinski definition) is 2. The number of nitrogens with one attached hydrogen (secondary N) is 1. The van der Waals surface area contributed by atoms with E-state index in [0.29, 0.717) is 18.5 Å². The molecule has 0 spiro atoms. The molecule has 1 aromatic rings. The highest BCUT2D eigenvalue weighted by molar-refractivity contribution is 5.30. The number of aryl methyl sites for hydroxylation is 1. The van der Waals surface area contributed by atoms with Crippen molar-refractivity contribution in [3.63, 3.8) is 0 Å². The van der Waals surface area contributed by atoms with Crippen LogP contribution in [0.15, 0.2) is 24.3 Å². The van der Waals surface area contributed by atoms with Crippen LogP contribution in [0, 0.1) is 5.92 Å². The zero-order valence-corrected chi connectivity index (χ0v) is 10.8. The molecule has 2 heteroatoms. The summed E-state index contributed by atoms with van der Waals surface area (Å²) in [4.78, 5) is 0. The minimum absolute atomic E-state index is 0.229. The van der Waals surface area contributed by atoms with Crippen LogP contribution in [0.3, 0.4) is 0 Å². The van der Waals surface area contributed by atoms with E-state index in [9.17, 15) is 5.11 Å². The molecule has 2 N–H and O–H groups in total. The van der Waals surface area contributed by atoms with Crippen molar-refractivity contribution in [2.75, 3.05) is 6.54 Å². The Morgan fingerprint density at radius 1 is 1.29 bits per heavy atom. The van der Waals surface area contributed by atoms with Crippen LogP contribution in [0.1, 0.15) is 31.4 Å². The summed E-state index contributed by atoms with van der Waals surface area (Å²) in [6.07, 6.45) is 3.21. The predicted molar refractivity (Wildman–Crippen MR) is 71.1 cm³/mol. The second-order valence-corrected chi connectivity index (χ2v) is 5.43. The highest BCUT2D eigenvalue weighted by atomic mass is 16.3. The van der Waals surface area contributed by atoms with Gasteiger partial charge in [0.2, 0.25) is 0 Å². The lowest BCUT2D eigenvalue weighted by molar-refractivity contribution is 0.119. The minimum Gasteiger partial charge on any atom is -0.392 e. The van der Waals surface area contributed by atoms with E-state index in [4.69, 9.17) is 0 Å². The third kappa shape index (κ3) is 3.30. The first-order valence-electron chi connectivity index (χ1n) is 6.65. The average molecular weight is 233 g/mol. The molecule has 0 saturated carbocycles. The molecule has 1 aromatic carbocycles. The molecule has 0 amide bonds. The first-order valence-corrected chi connectivity index (χ1v) is 6.65. The molecule has 0 aliphatic heterocycles. The van der Waals surface area contributed by atoms with Crippen molar-refractivity contribution >= 4 is 0 Å². The summed E-state index contributed by atoms with van der Waals surface area (Å²) < 4.78 is 0. The maximum atomic E-state index is 9.79. The quantitative estimate of drug-likeness (QED) is 0.835. The van der Waals surface area contributed by atoms with E-state index in [1.54, 1.807) is 0 Å². The third-order valence-corrected chi connectivity index (χ3v) is 3.73. The van der Waals surface area contributed by atoms with E-state index in [2.05, 4.69) is 43.4 Å². The van der Waals surface area contributed by atoms with Gasteiger partial charge in [-0.3, -0.25) is 0 Å². The van der Waals surface area contributed by atoms with E-state index >= 15 is 0 Å². The minimum atomic E-state index is -0.229. The van der Waals surface area contributed by atoms with Crippen LogP contribution in [0.5, 0.6) is 0 Å². The van der Waals surface area contributed by atoms with Crippen LogP contribution in [0.4, 0.5) is 0 Å². The molecule has 1 aliphatic rings. The predicted octanol–water partition coefficient (Wildman–Crippen LogP) is 2.15. The van der Waals surface area contributed by atoms with Crippen LogP contribution in [-0.4, -0.2) is 23.8 Å². The van der Waals surface area contributed by atoms with Crippen molar-refractivity contribution in [1.29, 1.82) is 0 Å². The Kier molecular flexibility index (Phi) is 4.19. The fraction of sp³-hybridized carbons (Fsp3) is 0.600. The molecular formula is C15H23NO. The molecule has 0 radical (unpaired) electrons. The standard InChI is InChI=1S/C15H23NO/c1-11(2)15(17)10-16-14-8-7-12-5-3-4-6-13(12)9-14/h3-6,11,14-17H,7-10H2,1-2H3. The SMILES string of the molecule is CC(C)C(O)CNC1CCc2ccccc2C1. The second-order valence-electron chi connectivity index (χ2n) is 5.43. The van der Waals surface area contributed by atoms with Crippen molar-refractivity contribution in [1.82, 2.24) is 5.32 Å². The molecule has 0 saturated heterocycles. The molecule has 2 rings (SSSR count). The van der Waals surface area contributed by atoms with Crippen molar-refractivity contribution in [3.05, 3.63) is 35.4 Å². The molecule has 0 fully saturated rings. The first-order chi connectivity index (χ1) is 8.16. The molecule has 2 atom stereocenters. The van der Waals surface area contributed by atoms with Crippen molar-refractivity contribution < 1.29 is 5.11 Å². The highest BCUT2D eigenvalue weighted by Gasteiger charge is 2.19. The van der Waals surface area contributed by atoms with Crippen LogP contribution >= 0.6 is 0 Å². The lowest BCUT2D eigenvalue weighted by Gasteiger charge is -2.27. The maximum absolute atomic E-state index is 9.79. The number of hydrogen-bond donors (Lipinski definition) is 2. The number of rotatable bonds is 4. The molecule has 0 aromatic heterocycles. The summed E-state index contributed by atoms with van der Waals surface area (Å²) in [5.74, 6) is 0.332. The van der Waals surface area contributed by atoms with Gasteiger partial charge in [-0.1, -0.05) is 38.1 Å². The van der Waals surface area contributed by atoms with Gasteiger partial charge in [0.15, 0.2) is 0 Å². The molecule has 2 unspecified atom stereocenters. The number of aliphatic hydroxyl groups excluding tert-OH is 1. The molecule has 0 bridgehead atoms. The Bertz CT molecular complexity index is 362. The molecule has 94 valence electrons. The van der Waals surface area contributed by atoms with Gasteiger partial charge in [-0.25, -0.2) is 0 Å². The lowest BCUT2D eigenvalue weighted by Crippen LogP contribution is -2.40. The van der Waals surface area contributed by atoms with Crippen LogP contribution < -0.4 is 5.32 Å². The lowest BCUT2D eigenvalue weighted by atomic mass is 9.88. The number of aliphatic hydroxyl groups is 1. The van der Waals surface area contributed by atoms with Gasteiger partial charge in [0, 0.05) is 12.6 Å². The molecule has 17 heavy (non-hydrogen) atoms. The largest absolute Gasteiger partial charge is 0.392 e. The van der Waals surface area contributed by atoms with Crippen LogP contribution in [0.25, 0.3) is 0 Å². The van der Waals surface area contributed by atoms with E-state index in [1.807, 2.05) is 0 Å². The molecular weight excluding hydrogens is 210 g/mol. The molecule has 1 aliphatic carbocycles. The average Bonchev–Trinajstić information content (AvgIpc) is 2.35. The number of benzene rings is 1.